The second-order valence-electron chi connectivity index (χ2n) is 16.9. The highest BCUT2D eigenvalue weighted by molar-refractivity contribution is 5.87. The topological polar surface area (TPSA) is 158 Å². The van der Waals surface area contributed by atoms with Crippen molar-refractivity contribution in [2.24, 2.45) is 0 Å². The molecule has 1 aliphatic rings. The summed E-state index contributed by atoms with van der Waals surface area (Å²) in [5, 5.41) is 45.2. The Hall–Kier alpha value is -2.21. The first-order chi connectivity index (χ1) is 30.2. The number of hydrogen-bond acceptors (Lipinski definition) is 8. The van der Waals surface area contributed by atoms with E-state index in [0.29, 0.717) is 32.2 Å². The monoisotopic (exact) mass is 976 g/mol. The maximum absolute atomic E-state index is 14.0. The van der Waals surface area contributed by atoms with Crippen molar-refractivity contribution >= 4 is 11.8 Å². The number of amides is 2. The van der Waals surface area contributed by atoms with E-state index in [1.807, 2.05) is 0 Å². The molecule has 10 nitrogen and oxygen atoms in total. The van der Waals surface area contributed by atoms with Gasteiger partial charge in [-0.05, 0) is 19.3 Å². The van der Waals surface area contributed by atoms with Crippen molar-refractivity contribution < 1.29 is 96.6 Å². The second-order valence-corrected chi connectivity index (χ2v) is 16.9. The van der Waals surface area contributed by atoms with Crippen LogP contribution in [0.1, 0.15) is 161 Å². The fourth-order valence-electron chi connectivity index (χ4n) is 7.15. The molecule has 23 heteroatoms. The number of rotatable bonds is 36. The van der Waals surface area contributed by atoms with Crippen LogP contribution in [-0.4, -0.2) is 125 Å². The average molecular weight is 977 g/mol. The fourth-order valence-corrected chi connectivity index (χ4v) is 7.15. The molecule has 1 saturated heterocycles. The molecule has 386 valence electrons. The summed E-state index contributed by atoms with van der Waals surface area (Å²) in [7, 11) is 0. The number of alkyl halides is 13. The molecule has 6 N–H and O–H groups in total. The van der Waals surface area contributed by atoms with Crippen molar-refractivity contribution in [3.8, 4) is 0 Å². The molecule has 0 unspecified atom stereocenters. The van der Waals surface area contributed by atoms with E-state index in [2.05, 4.69) is 17.6 Å². The van der Waals surface area contributed by atoms with Crippen molar-refractivity contribution in [2.45, 2.75) is 234 Å². The summed E-state index contributed by atoms with van der Waals surface area (Å²) < 4.78 is 184. The standard InChI is InChI=1S/C42H69F13N2O8/c1-2-3-4-5-6-7-8-9-10-11-14-17-20-23-26-56-35(63)29(28-64-36-34(62)33(61)32(60)30(27-58)65-36)57-31(59)24-21-18-15-12-13-16-19-22-25-37(43,44)38(45,46)39(47,48)40(49,50)41(51,52)42(53,54)55/h29-30,32-34,36,58,60-62H,2-28H2,1H3,(H,56,63)(H,57,59)/t29-,30+,32-,33-,34+,36+/m0/s1. The summed E-state index contributed by atoms with van der Waals surface area (Å²) >= 11 is 0. The van der Waals surface area contributed by atoms with Crippen LogP contribution < -0.4 is 10.6 Å². The molecular weight excluding hydrogens is 907 g/mol. The predicted molar refractivity (Wildman–Crippen MR) is 212 cm³/mol. The highest BCUT2D eigenvalue weighted by Gasteiger charge is 2.90. The zero-order valence-electron chi connectivity index (χ0n) is 36.9. The smallest absolute Gasteiger partial charge is 0.394 e. The van der Waals surface area contributed by atoms with Gasteiger partial charge in [-0.3, -0.25) is 9.59 Å². The minimum Gasteiger partial charge on any atom is -0.394 e. The summed E-state index contributed by atoms with van der Waals surface area (Å²) in [5.41, 5.74) is 0. The molecule has 0 saturated carbocycles. The van der Waals surface area contributed by atoms with Gasteiger partial charge in [-0.15, -0.1) is 0 Å². The first kappa shape index (κ1) is 60.8. The number of hydrogen-bond donors (Lipinski definition) is 6. The predicted octanol–water partition coefficient (Wildman–Crippen LogP) is 9.53. The SMILES string of the molecule is CCCCCCCCCCCCCCCCNC(=O)[C@H](CO[C@@H]1O[C@H](CO)[C@H](O)[C@H](O)[C@H]1O)NC(=O)CCCCCCCCCCC(F)(F)C(F)(F)C(F)(F)C(F)(F)C(F)(F)C(F)(F)F. The average Bonchev–Trinajstić information content (AvgIpc) is 3.23. The van der Waals surface area contributed by atoms with Gasteiger partial charge in [-0.2, -0.15) is 57.1 Å². The van der Waals surface area contributed by atoms with Gasteiger partial charge in [0, 0.05) is 19.4 Å². The van der Waals surface area contributed by atoms with Gasteiger partial charge in [0.25, 0.3) is 0 Å². The molecule has 2 amide bonds. The molecule has 0 spiro atoms. The first-order valence-corrected chi connectivity index (χ1v) is 22.7. The number of ether oxygens (including phenoxy) is 2. The third-order valence-corrected chi connectivity index (χ3v) is 11.4. The van der Waals surface area contributed by atoms with Gasteiger partial charge in [0.05, 0.1) is 13.2 Å². The quantitative estimate of drug-likeness (QED) is 0.0268. The number of carbonyl (C=O) groups excluding carboxylic acids is 2. The van der Waals surface area contributed by atoms with Gasteiger partial charge in [0.15, 0.2) is 6.29 Å². The van der Waals surface area contributed by atoms with Crippen LogP contribution >= 0.6 is 0 Å². The number of aliphatic hydroxyl groups is 4. The molecule has 0 aromatic heterocycles. The van der Waals surface area contributed by atoms with Crippen LogP contribution in [0.4, 0.5) is 57.1 Å². The third-order valence-electron chi connectivity index (χ3n) is 11.4. The van der Waals surface area contributed by atoms with E-state index in [4.69, 9.17) is 9.47 Å². The molecule has 1 fully saturated rings. The molecule has 0 aliphatic carbocycles. The molecule has 1 rings (SSSR count). The fraction of sp³-hybridized carbons (Fsp3) is 0.952. The summed E-state index contributed by atoms with van der Waals surface area (Å²) in [4.78, 5) is 26.0. The van der Waals surface area contributed by atoms with E-state index in [-0.39, 0.29) is 32.1 Å². The Balaban J connectivity index is 2.53. The summed E-state index contributed by atoms with van der Waals surface area (Å²) in [6.45, 7) is 1.22. The first-order valence-electron chi connectivity index (χ1n) is 22.7. The molecule has 6 atom stereocenters. The van der Waals surface area contributed by atoms with Gasteiger partial charge in [0.2, 0.25) is 11.8 Å². The lowest BCUT2D eigenvalue weighted by molar-refractivity contribution is -0.440. The van der Waals surface area contributed by atoms with Crippen LogP contribution in [-0.2, 0) is 19.1 Å². The summed E-state index contributed by atoms with van der Waals surface area (Å²) in [5.74, 6) is -38.0. The largest absolute Gasteiger partial charge is 0.460 e. The zero-order chi connectivity index (χ0) is 49.5. The Kier molecular flexibility index (Phi) is 27.1. The van der Waals surface area contributed by atoms with Crippen LogP contribution in [0.2, 0.25) is 0 Å². The van der Waals surface area contributed by atoms with E-state index in [1.54, 1.807) is 0 Å². The minimum absolute atomic E-state index is 0.0332. The molecule has 0 aromatic carbocycles. The Bertz CT molecular complexity index is 1330. The van der Waals surface area contributed by atoms with Crippen molar-refractivity contribution in [1.82, 2.24) is 10.6 Å². The van der Waals surface area contributed by atoms with Crippen LogP contribution in [0, 0.1) is 0 Å². The molecule has 0 radical (unpaired) electrons. The number of aliphatic hydroxyl groups excluding tert-OH is 4. The Morgan fingerprint density at radius 3 is 1.46 bits per heavy atom. The number of nitrogens with one attached hydrogen (secondary N) is 2. The molecule has 65 heavy (non-hydrogen) atoms. The number of carbonyl (C=O) groups is 2. The molecule has 1 heterocycles. The Morgan fingerprint density at radius 1 is 0.569 bits per heavy atom. The van der Waals surface area contributed by atoms with Gasteiger partial charge >= 0.3 is 35.8 Å². The van der Waals surface area contributed by atoms with Crippen molar-refractivity contribution in [1.29, 1.82) is 0 Å². The molecule has 0 bridgehead atoms. The van der Waals surface area contributed by atoms with Crippen LogP contribution in [0.15, 0.2) is 0 Å². The van der Waals surface area contributed by atoms with Crippen molar-refractivity contribution in [2.75, 3.05) is 19.8 Å². The van der Waals surface area contributed by atoms with Crippen LogP contribution in [0.5, 0.6) is 0 Å². The summed E-state index contributed by atoms with van der Waals surface area (Å²) in [6, 6.07) is -1.29. The van der Waals surface area contributed by atoms with Gasteiger partial charge in [-0.25, -0.2) is 0 Å². The maximum atomic E-state index is 14.0. The lowest BCUT2D eigenvalue weighted by atomic mass is 9.91. The van der Waals surface area contributed by atoms with Crippen molar-refractivity contribution in [3.05, 3.63) is 0 Å². The second kappa shape index (κ2) is 29.0. The van der Waals surface area contributed by atoms with Gasteiger partial charge in [-0.1, -0.05) is 129 Å². The third kappa shape index (κ3) is 18.7. The van der Waals surface area contributed by atoms with E-state index in [0.717, 1.165) is 25.7 Å². The minimum atomic E-state index is -7.92. The van der Waals surface area contributed by atoms with Gasteiger partial charge < -0.3 is 40.5 Å². The maximum Gasteiger partial charge on any atom is 0.460 e. The van der Waals surface area contributed by atoms with Crippen molar-refractivity contribution in [3.63, 3.8) is 0 Å². The molecular formula is C42H69F13N2O8. The van der Waals surface area contributed by atoms with E-state index >= 15 is 0 Å². The lowest BCUT2D eigenvalue weighted by Gasteiger charge is -2.39. The normalized spacial score (nSPS) is 20.8. The summed E-state index contributed by atoms with van der Waals surface area (Å²) in [6.07, 6.45) is -1.33. The number of halogens is 13. The van der Waals surface area contributed by atoms with Crippen LogP contribution in [0.3, 0.4) is 0 Å². The number of unbranched alkanes of at least 4 members (excludes halogenated alkanes) is 20. The van der Waals surface area contributed by atoms with Gasteiger partial charge in [0.1, 0.15) is 30.5 Å². The Morgan fingerprint density at radius 2 is 1.00 bits per heavy atom. The zero-order valence-corrected chi connectivity index (χ0v) is 36.9. The lowest BCUT2D eigenvalue weighted by Crippen LogP contribution is -2.70. The highest BCUT2D eigenvalue weighted by atomic mass is 19.4. The van der Waals surface area contributed by atoms with E-state index in [9.17, 15) is 87.1 Å². The molecule has 1 aliphatic heterocycles. The Labute approximate surface area is 372 Å². The molecule has 0 aromatic rings. The van der Waals surface area contributed by atoms with E-state index in [1.165, 1.54) is 57.8 Å². The van der Waals surface area contributed by atoms with Crippen LogP contribution in [0.25, 0.3) is 0 Å². The highest BCUT2D eigenvalue weighted by Crippen LogP contribution is 2.60. The van der Waals surface area contributed by atoms with E-state index < -0.39 is 110 Å².